The molecule has 1 N–H and O–H groups in total. The third kappa shape index (κ3) is 7.84. The van der Waals surface area contributed by atoms with Crippen LogP contribution >= 0.6 is 0 Å². The largest absolute Gasteiger partial charge is 0.444 e. The standard InChI is InChI=1S/C21H38N4O4/c1-5-6-18(26)24-10-7-17(8-11-24)19(27)22-9-12-23-13-15-25(16-14-23)20(28)29-21(2,3)4/h17H,5-16H2,1-4H3,(H,22,27). The second kappa shape index (κ2) is 10.8. The molecular weight excluding hydrogens is 372 g/mol. The highest BCUT2D eigenvalue weighted by Gasteiger charge is 2.28. The van der Waals surface area contributed by atoms with Gasteiger partial charge in [0.1, 0.15) is 5.60 Å². The molecule has 0 aliphatic carbocycles. The lowest BCUT2D eigenvalue weighted by atomic mass is 9.95. The number of rotatable bonds is 6. The van der Waals surface area contributed by atoms with E-state index in [1.54, 1.807) is 4.90 Å². The zero-order valence-corrected chi connectivity index (χ0v) is 18.5. The maximum atomic E-state index is 12.4. The predicted octanol–water partition coefficient (Wildman–Crippen LogP) is 1.69. The molecule has 166 valence electrons. The zero-order valence-electron chi connectivity index (χ0n) is 18.5. The Kier molecular flexibility index (Phi) is 8.74. The van der Waals surface area contributed by atoms with Crippen LogP contribution in [0.15, 0.2) is 0 Å². The lowest BCUT2D eigenvalue weighted by Gasteiger charge is -2.35. The summed E-state index contributed by atoms with van der Waals surface area (Å²) in [5, 5.41) is 3.04. The molecule has 0 saturated carbocycles. The van der Waals surface area contributed by atoms with Gasteiger partial charge in [-0.1, -0.05) is 6.92 Å². The summed E-state index contributed by atoms with van der Waals surface area (Å²) in [5.74, 6) is 0.307. The molecule has 2 rings (SSSR count). The van der Waals surface area contributed by atoms with Gasteiger partial charge >= 0.3 is 6.09 Å². The first-order valence-corrected chi connectivity index (χ1v) is 11.0. The molecule has 0 aromatic heterocycles. The Morgan fingerprint density at radius 1 is 0.966 bits per heavy atom. The van der Waals surface area contributed by atoms with Gasteiger partial charge in [-0.25, -0.2) is 4.79 Å². The first kappa shape index (κ1) is 23.4. The van der Waals surface area contributed by atoms with Crippen molar-refractivity contribution in [3.63, 3.8) is 0 Å². The van der Waals surface area contributed by atoms with Gasteiger partial charge in [0.25, 0.3) is 0 Å². The van der Waals surface area contributed by atoms with Gasteiger partial charge in [-0.05, 0) is 40.0 Å². The molecule has 0 spiro atoms. The van der Waals surface area contributed by atoms with Crippen molar-refractivity contribution in [2.75, 3.05) is 52.4 Å². The van der Waals surface area contributed by atoms with Crippen LogP contribution in [0.3, 0.4) is 0 Å². The smallest absolute Gasteiger partial charge is 0.410 e. The maximum Gasteiger partial charge on any atom is 0.410 e. The fourth-order valence-electron chi connectivity index (χ4n) is 3.73. The maximum absolute atomic E-state index is 12.4. The molecule has 0 bridgehead atoms. The number of carbonyl (C=O) groups is 3. The Morgan fingerprint density at radius 2 is 1.59 bits per heavy atom. The minimum atomic E-state index is -0.474. The fourth-order valence-corrected chi connectivity index (χ4v) is 3.73. The van der Waals surface area contributed by atoms with Crippen LogP contribution in [-0.4, -0.2) is 90.6 Å². The highest BCUT2D eigenvalue weighted by molar-refractivity contribution is 5.80. The van der Waals surface area contributed by atoms with Gasteiger partial charge < -0.3 is 19.9 Å². The lowest BCUT2D eigenvalue weighted by Crippen LogP contribution is -2.51. The molecule has 29 heavy (non-hydrogen) atoms. The van der Waals surface area contributed by atoms with E-state index < -0.39 is 5.60 Å². The second-order valence-corrected chi connectivity index (χ2v) is 9.01. The van der Waals surface area contributed by atoms with E-state index in [4.69, 9.17) is 4.74 Å². The zero-order chi connectivity index (χ0) is 21.4. The van der Waals surface area contributed by atoms with Crippen molar-refractivity contribution in [1.82, 2.24) is 20.0 Å². The summed E-state index contributed by atoms with van der Waals surface area (Å²) in [7, 11) is 0. The molecule has 3 amide bonds. The third-order valence-corrected chi connectivity index (χ3v) is 5.43. The van der Waals surface area contributed by atoms with E-state index in [0.717, 1.165) is 38.9 Å². The Morgan fingerprint density at radius 3 is 2.14 bits per heavy atom. The van der Waals surface area contributed by atoms with Crippen molar-refractivity contribution >= 4 is 17.9 Å². The highest BCUT2D eigenvalue weighted by Crippen LogP contribution is 2.18. The van der Waals surface area contributed by atoms with Gasteiger partial charge in [0.05, 0.1) is 0 Å². The average Bonchev–Trinajstić information content (AvgIpc) is 2.67. The van der Waals surface area contributed by atoms with Crippen molar-refractivity contribution in [1.29, 1.82) is 0 Å². The van der Waals surface area contributed by atoms with E-state index in [2.05, 4.69) is 10.2 Å². The van der Waals surface area contributed by atoms with E-state index >= 15 is 0 Å². The van der Waals surface area contributed by atoms with Crippen LogP contribution in [0.2, 0.25) is 0 Å². The number of ether oxygens (including phenoxy) is 1. The molecule has 0 unspecified atom stereocenters. The summed E-state index contributed by atoms with van der Waals surface area (Å²) < 4.78 is 5.41. The van der Waals surface area contributed by atoms with Crippen LogP contribution in [0, 0.1) is 5.92 Å². The summed E-state index contributed by atoms with van der Waals surface area (Å²) in [4.78, 5) is 42.3. The van der Waals surface area contributed by atoms with E-state index in [1.165, 1.54) is 0 Å². The molecule has 2 saturated heterocycles. The summed E-state index contributed by atoms with van der Waals surface area (Å²) in [6.45, 7) is 13.2. The lowest BCUT2D eigenvalue weighted by molar-refractivity contribution is -0.135. The van der Waals surface area contributed by atoms with Crippen LogP contribution in [0.1, 0.15) is 53.4 Å². The van der Waals surface area contributed by atoms with Gasteiger partial charge in [0, 0.05) is 64.7 Å². The Hall–Kier alpha value is -1.83. The molecule has 8 nitrogen and oxygen atoms in total. The summed E-state index contributed by atoms with van der Waals surface area (Å²) >= 11 is 0. The van der Waals surface area contributed by atoms with Crippen LogP contribution in [-0.2, 0) is 14.3 Å². The number of piperidine rings is 1. The second-order valence-electron chi connectivity index (χ2n) is 9.01. The topological polar surface area (TPSA) is 82.2 Å². The Labute approximate surface area is 174 Å². The van der Waals surface area contributed by atoms with Gasteiger partial charge in [-0.15, -0.1) is 0 Å². The quantitative estimate of drug-likeness (QED) is 0.721. The molecule has 2 fully saturated rings. The molecule has 2 heterocycles. The van der Waals surface area contributed by atoms with Crippen LogP contribution in [0.5, 0.6) is 0 Å². The van der Waals surface area contributed by atoms with Crippen molar-refractivity contribution < 1.29 is 19.1 Å². The number of nitrogens with one attached hydrogen (secondary N) is 1. The molecule has 0 radical (unpaired) electrons. The number of nitrogens with zero attached hydrogens (tertiary/aromatic N) is 3. The predicted molar refractivity (Wildman–Crippen MR) is 111 cm³/mol. The number of piperazine rings is 1. The molecule has 0 aromatic rings. The van der Waals surface area contributed by atoms with Gasteiger partial charge in [-0.2, -0.15) is 0 Å². The molecule has 0 aromatic carbocycles. The monoisotopic (exact) mass is 410 g/mol. The molecule has 2 aliphatic rings. The van der Waals surface area contributed by atoms with Crippen LogP contribution in [0.4, 0.5) is 4.79 Å². The first-order valence-electron chi connectivity index (χ1n) is 11.0. The van der Waals surface area contributed by atoms with E-state index in [-0.39, 0.29) is 23.8 Å². The van der Waals surface area contributed by atoms with Gasteiger partial charge in [0.15, 0.2) is 0 Å². The normalized spacial score (nSPS) is 19.2. The fraction of sp³-hybridized carbons (Fsp3) is 0.857. The number of hydrogen-bond acceptors (Lipinski definition) is 5. The van der Waals surface area contributed by atoms with Crippen LogP contribution in [0.25, 0.3) is 0 Å². The first-order chi connectivity index (χ1) is 13.7. The van der Waals surface area contributed by atoms with E-state index in [0.29, 0.717) is 39.1 Å². The van der Waals surface area contributed by atoms with Crippen LogP contribution < -0.4 is 5.32 Å². The number of amides is 3. The summed E-state index contributed by atoms with van der Waals surface area (Å²) in [6, 6.07) is 0. The summed E-state index contributed by atoms with van der Waals surface area (Å²) in [6.07, 6.45) is 2.70. The molecule has 0 atom stereocenters. The van der Waals surface area contributed by atoms with Crippen molar-refractivity contribution in [3.05, 3.63) is 0 Å². The number of carbonyl (C=O) groups excluding carboxylic acids is 3. The van der Waals surface area contributed by atoms with Gasteiger partial charge in [-0.3, -0.25) is 14.5 Å². The van der Waals surface area contributed by atoms with Crippen molar-refractivity contribution in [3.8, 4) is 0 Å². The molecule has 8 heteroatoms. The van der Waals surface area contributed by atoms with Crippen molar-refractivity contribution in [2.45, 2.75) is 59.0 Å². The van der Waals surface area contributed by atoms with Gasteiger partial charge in [0.2, 0.25) is 11.8 Å². The Bertz CT molecular complexity index is 560. The third-order valence-electron chi connectivity index (χ3n) is 5.43. The highest BCUT2D eigenvalue weighted by atomic mass is 16.6. The molecule has 2 aliphatic heterocycles. The SMILES string of the molecule is CCCC(=O)N1CCC(C(=O)NCCN2CCN(C(=O)OC(C)(C)C)CC2)CC1. The average molecular weight is 411 g/mol. The summed E-state index contributed by atoms with van der Waals surface area (Å²) in [5.41, 5.74) is -0.474. The van der Waals surface area contributed by atoms with Crippen molar-refractivity contribution in [2.24, 2.45) is 5.92 Å². The van der Waals surface area contributed by atoms with E-state index in [9.17, 15) is 14.4 Å². The Balaban J connectivity index is 1.60. The molecular formula is C21H38N4O4. The number of hydrogen-bond donors (Lipinski definition) is 1. The van der Waals surface area contributed by atoms with E-state index in [1.807, 2.05) is 32.6 Å². The minimum Gasteiger partial charge on any atom is -0.444 e. The number of likely N-dealkylation sites (tertiary alicyclic amines) is 1. The minimum absolute atomic E-state index is 0.00434.